The topological polar surface area (TPSA) is 60.9 Å². The van der Waals surface area contributed by atoms with E-state index in [0.717, 1.165) is 35.3 Å². The summed E-state index contributed by atoms with van der Waals surface area (Å²) in [5, 5.41) is 10.3. The van der Waals surface area contributed by atoms with Crippen molar-refractivity contribution in [3.05, 3.63) is 59.7 Å². The van der Waals surface area contributed by atoms with Gasteiger partial charge >= 0.3 is 0 Å². The number of amides is 2. The van der Waals surface area contributed by atoms with E-state index < -0.39 is 12.0 Å². The van der Waals surface area contributed by atoms with Gasteiger partial charge < -0.3 is 14.9 Å². The molecule has 0 radical (unpaired) electrons. The number of aliphatic hydroxyl groups excluding tert-OH is 1. The van der Waals surface area contributed by atoms with E-state index >= 15 is 0 Å². The molecule has 1 unspecified atom stereocenters. The maximum absolute atomic E-state index is 12.6. The minimum absolute atomic E-state index is 0.189. The number of benzene rings is 2. The van der Waals surface area contributed by atoms with Crippen LogP contribution in [-0.2, 0) is 22.4 Å². The SMILES string of the molecule is O=C(CC(O)C(=O)N1CCc2ccccc21)N1CCc2ccccc21. The second-order valence-electron chi connectivity index (χ2n) is 6.51. The van der Waals surface area contributed by atoms with Gasteiger partial charge in [0.2, 0.25) is 5.91 Å². The number of carbonyl (C=O) groups excluding carboxylic acids is 2. The van der Waals surface area contributed by atoms with E-state index in [1.54, 1.807) is 9.80 Å². The van der Waals surface area contributed by atoms with Crippen molar-refractivity contribution >= 4 is 23.2 Å². The number of fused-ring (bicyclic) bond motifs is 2. The fourth-order valence-electron chi connectivity index (χ4n) is 3.71. The lowest BCUT2D eigenvalue weighted by Crippen LogP contribution is -2.41. The molecule has 2 aromatic rings. The van der Waals surface area contributed by atoms with Gasteiger partial charge in [0.15, 0.2) is 0 Å². The average Bonchev–Trinajstić information content (AvgIpc) is 3.25. The summed E-state index contributed by atoms with van der Waals surface area (Å²) < 4.78 is 0. The third-order valence-electron chi connectivity index (χ3n) is 4.99. The minimum atomic E-state index is -1.31. The molecular formula is C20H20N2O3. The zero-order valence-corrected chi connectivity index (χ0v) is 13.9. The normalized spacial score (nSPS) is 16.5. The molecule has 128 valence electrons. The molecule has 0 bridgehead atoms. The molecule has 2 aliphatic rings. The van der Waals surface area contributed by atoms with Crippen LogP contribution < -0.4 is 9.80 Å². The molecule has 1 N–H and O–H groups in total. The summed E-state index contributed by atoms with van der Waals surface area (Å²) in [5.74, 6) is -0.607. The van der Waals surface area contributed by atoms with Gasteiger partial charge in [-0.1, -0.05) is 36.4 Å². The Morgan fingerprint density at radius 1 is 0.880 bits per heavy atom. The number of anilines is 2. The van der Waals surface area contributed by atoms with Gasteiger partial charge in [-0.15, -0.1) is 0 Å². The first kappa shape index (κ1) is 15.8. The van der Waals surface area contributed by atoms with Crippen LogP contribution in [0.1, 0.15) is 17.5 Å². The predicted octanol–water partition coefficient (Wildman–Crippen LogP) is 1.92. The maximum Gasteiger partial charge on any atom is 0.256 e. The number of hydrogen-bond donors (Lipinski definition) is 1. The highest BCUT2D eigenvalue weighted by atomic mass is 16.3. The second-order valence-corrected chi connectivity index (χ2v) is 6.51. The van der Waals surface area contributed by atoms with Crippen molar-refractivity contribution in [2.45, 2.75) is 25.4 Å². The van der Waals surface area contributed by atoms with Crippen LogP contribution in [0.15, 0.2) is 48.5 Å². The van der Waals surface area contributed by atoms with E-state index in [1.807, 2.05) is 48.5 Å². The van der Waals surface area contributed by atoms with Crippen LogP contribution in [0.5, 0.6) is 0 Å². The summed E-state index contributed by atoms with van der Waals surface area (Å²) in [6, 6.07) is 15.5. The van der Waals surface area contributed by atoms with Crippen LogP contribution in [0.25, 0.3) is 0 Å². The van der Waals surface area contributed by atoms with Crippen LogP contribution in [0.4, 0.5) is 11.4 Å². The lowest BCUT2D eigenvalue weighted by molar-refractivity contribution is -0.131. The van der Waals surface area contributed by atoms with Crippen molar-refractivity contribution in [3.63, 3.8) is 0 Å². The molecule has 5 heteroatoms. The Morgan fingerprint density at radius 3 is 2.04 bits per heavy atom. The Bertz CT molecular complexity index is 833. The van der Waals surface area contributed by atoms with Gasteiger partial charge in [0.05, 0.1) is 6.42 Å². The fraction of sp³-hybridized carbons (Fsp3) is 0.300. The van der Waals surface area contributed by atoms with Gasteiger partial charge in [-0.3, -0.25) is 9.59 Å². The van der Waals surface area contributed by atoms with Gasteiger partial charge in [0.1, 0.15) is 6.10 Å². The molecule has 2 aromatic carbocycles. The second kappa shape index (κ2) is 6.33. The molecule has 0 aliphatic carbocycles. The molecule has 25 heavy (non-hydrogen) atoms. The third kappa shape index (κ3) is 2.81. The molecule has 0 fully saturated rings. The standard InChI is InChI=1S/C20H20N2O3/c23-18(20(25)22-12-10-15-6-2-4-8-17(15)22)13-19(24)21-11-9-14-5-1-3-7-16(14)21/h1-8,18,23H,9-13H2. The molecule has 0 saturated carbocycles. The third-order valence-corrected chi connectivity index (χ3v) is 4.99. The Labute approximate surface area is 146 Å². The lowest BCUT2D eigenvalue weighted by atomic mass is 10.1. The smallest absolute Gasteiger partial charge is 0.256 e. The molecule has 4 rings (SSSR count). The summed E-state index contributed by atoms with van der Waals surface area (Å²) in [6.45, 7) is 1.15. The van der Waals surface area contributed by atoms with E-state index in [4.69, 9.17) is 0 Å². The Balaban J connectivity index is 1.45. The quantitative estimate of drug-likeness (QED) is 0.931. The van der Waals surface area contributed by atoms with Crippen molar-refractivity contribution in [1.29, 1.82) is 0 Å². The van der Waals surface area contributed by atoms with E-state index in [9.17, 15) is 14.7 Å². The van der Waals surface area contributed by atoms with E-state index in [2.05, 4.69) is 0 Å². The van der Waals surface area contributed by atoms with Crippen molar-refractivity contribution in [2.75, 3.05) is 22.9 Å². The first-order chi connectivity index (χ1) is 12.1. The first-order valence-corrected chi connectivity index (χ1v) is 8.61. The van der Waals surface area contributed by atoms with Crippen molar-refractivity contribution in [2.24, 2.45) is 0 Å². The van der Waals surface area contributed by atoms with Crippen molar-refractivity contribution in [3.8, 4) is 0 Å². The molecule has 0 spiro atoms. The van der Waals surface area contributed by atoms with Crippen molar-refractivity contribution < 1.29 is 14.7 Å². The number of aliphatic hydroxyl groups is 1. The van der Waals surface area contributed by atoms with Gasteiger partial charge in [-0.2, -0.15) is 0 Å². The maximum atomic E-state index is 12.6. The van der Waals surface area contributed by atoms with Gasteiger partial charge in [-0.25, -0.2) is 0 Å². The van der Waals surface area contributed by atoms with Crippen LogP contribution >= 0.6 is 0 Å². The average molecular weight is 336 g/mol. The van der Waals surface area contributed by atoms with E-state index in [0.29, 0.717) is 13.1 Å². The summed E-state index contributed by atoms with van der Waals surface area (Å²) in [4.78, 5) is 28.4. The summed E-state index contributed by atoms with van der Waals surface area (Å²) in [7, 11) is 0. The Kier molecular flexibility index (Phi) is 4.01. The van der Waals surface area contributed by atoms with Gasteiger partial charge in [-0.05, 0) is 36.1 Å². The molecule has 1 atom stereocenters. The van der Waals surface area contributed by atoms with Crippen LogP contribution in [-0.4, -0.2) is 36.1 Å². The van der Waals surface area contributed by atoms with Gasteiger partial charge in [0, 0.05) is 24.5 Å². The summed E-state index contributed by atoms with van der Waals surface area (Å²) in [6.07, 6.45) is 0.0887. The van der Waals surface area contributed by atoms with Crippen LogP contribution in [0.2, 0.25) is 0 Å². The van der Waals surface area contributed by atoms with E-state index in [-0.39, 0.29) is 12.3 Å². The summed E-state index contributed by atoms with van der Waals surface area (Å²) >= 11 is 0. The fourth-order valence-corrected chi connectivity index (χ4v) is 3.71. The number of para-hydroxylation sites is 2. The lowest BCUT2D eigenvalue weighted by Gasteiger charge is -2.23. The predicted molar refractivity (Wildman–Crippen MR) is 95.6 cm³/mol. The molecular weight excluding hydrogens is 316 g/mol. The highest BCUT2D eigenvalue weighted by Crippen LogP contribution is 2.30. The number of nitrogens with zero attached hydrogens (tertiary/aromatic N) is 2. The van der Waals surface area contributed by atoms with Crippen LogP contribution in [0.3, 0.4) is 0 Å². The monoisotopic (exact) mass is 336 g/mol. The van der Waals surface area contributed by atoms with E-state index in [1.165, 1.54) is 0 Å². The summed E-state index contributed by atoms with van der Waals surface area (Å²) in [5.41, 5.74) is 3.96. The molecule has 0 saturated heterocycles. The number of hydrogen-bond acceptors (Lipinski definition) is 3. The number of carbonyl (C=O) groups is 2. The first-order valence-electron chi connectivity index (χ1n) is 8.61. The van der Waals surface area contributed by atoms with Crippen LogP contribution in [0, 0.1) is 0 Å². The molecule has 2 amide bonds. The highest BCUT2D eigenvalue weighted by Gasteiger charge is 2.32. The Morgan fingerprint density at radius 2 is 1.40 bits per heavy atom. The van der Waals surface area contributed by atoms with Gasteiger partial charge in [0.25, 0.3) is 5.91 Å². The largest absolute Gasteiger partial charge is 0.383 e. The molecule has 5 nitrogen and oxygen atoms in total. The highest BCUT2D eigenvalue weighted by molar-refractivity contribution is 6.03. The molecule has 2 aliphatic heterocycles. The molecule has 2 heterocycles. The minimum Gasteiger partial charge on any atom is -0.383 e. The zero-order chi connectivity index (χ0) is 17.4. The van der Waals surface area contributed by atoms with Crippen molar-refractivity contribution in [1.82, 2.24) is 0 Å². The molecule has 0 aromatic heterocycles. The Hall–Kier alpha value is -2.66. The zero-order valence-electron chi connectivity index (χ0n) is 13.9. The number of rotatable bonds is 3.